The van der Waals surface area contributed by atoms with Gasteiger partial charge in [0, 0.05) is 53.9 Å². The highest BCUT2D eigenvalue weighted by molar-refractivity contribution is 6.01. The van der Waals surface area contributed by atoms with E-state index in [4.69, 9.17) is 14.8 Å². The number of Topliss-reactive ketones (excluding diaryl/α,β-unsaturated/α-hetero) is 1. The van der Waals surface area contributed by atoms with Crippen molar-refractivity contribution in [2.24, 2.45) is 17.8 Å². The Hall–Kier alpha value is -5.06. The molecule has 0 saturated heterocycles. The number of aromatic nitrogens is 3. The fourth-order valence-corrected chi connectivity index (χ4v) is 7.40. The number of hydrogen-bond acceptors (Lipinski definition) is 7. The monoisotopic (exact) mass is 704 g/mol. The molecule has 272 valence electrons. The zero-order valence-electron chi connectivity index (χ0n) is 30.5. The second-order valence-electron chi connectivity index (χ2n) is 15.9. The molecule has 3 amide bonds. The van der Waals surface area contributed by atoms with E-state index in [1.54, 1.807) is 12.1 Å². The van der Waals surface area contributed by atoms with Gasteiger partial charge in [-0.25, -0.2) is 14.3 Å². The first-order chi connectivity index (χ1) is 24.9. The molecule has 3 N–H and O–H groups in total. The van der Waals surface area contributed by atoms with E-state index in [0.29, 0.717) is 36.7 Å². The summed E-state index contributed by atoms with van der Waals surface area (Å²) in [6, 6.07) is 15.7. The van der Waals surface area contributed by atoms with Crippen molar-refractivity contribution in [2.45, 2.75) is 97.0 Å². The van der Waals surface area contributed by atoms with Crippen molar-refractivity contribution >= 4 is 40.7 Å². The maximum absolute atomic E-state index is 13.9. The molecule has 0 spiro atoms. The molecule has 0 radical (unpaired) electrons. The Morgan fingerprint density at radius 1 is 1.00 bits per heavy atom. The predicted molar refractivity (Wildman–Crippen MR) is 199 cm³/mol. The fourth-order valence-electron chi connectivity index (χ4n) is 7.40. The van der Waals surface area contributed by atoms with Gasteiger partial charge in [-0.3, -0.25) is 14.4 Å². The van der Waals surface area contributed by atoms with Crippen molar-refractivity contribution in [3.05, 3.63) is 77.2 Å². The SMILES string of the molecule is Cc1cc2nc(C3CC3)nn2cc1-c1ccc(C[C@H](CC(=O)C2CCC(CNC(=O)OC(C)(C)C)CC2)C(=O)Nc2ccc3c(c2)NC(=O)C3)cc1. The van der Waals surface area contributed by atoms with Crippen LogP contribution in [0.2, 0.25) is 0 Å². The lowest BCUT2D eigenvalue weighted by molar-refractivity contribution is -0.129. The van der Waals surface area contributed by atoms with Crippen LogP contribution in [-0.2, 0) is 32.0 Å². The average molecular weight is 705 g/mol. The van der Waals surface area contributed by atoms with Crippen LogP contribution in [0.3, 0.4) is 0 Å². The van der Waals surface area contributed by atoms with Gasteiger partial charge in [0.25, 0.3) is 0 Å². The molecule has 2 fully saturated rings. The second-order valence-corrected chi connectivity index (χ2v) is 15.9. The molecule has 2 aromatic carbocycles. The number of hydrogen-bond donors (Lipinski definition) is 3. The highest BCUT2D eigenvalue weighted by Gasteiger charge is 2.31. The third-order valence-electron chi connectivity index (χ3n) is 10.4. The topological polar surface area (TPSA) is 144 Å². The van der Waals surface area contributed by atoms with Crippen LogP contribution in [0, 0.1) is 24.7 Å². The Balaban J connectivity index is 1.03. The zero-order valence-corrected chi connectivity index (χ0v) is 30.5. The summed E-state index contributed by atoms with van der Waals surface area (Å²) in [5.41, 5.74) is 6.67. The minimum Gasteiger partial charge on any atom is -0.444 e. The van der Waals surface area contributed by atoms with Gasteiger partial charge in [-0.15, -0.1) is 0 Å². The quantitative estimate of drug-likeness (QED) is 0.150. The Labute approximate surface area is 304 Å². The van der Waals surface area contributed by atoms with Gasteiger partial charge in [-0.05, 0) is 119 Å². The molecule has 11 heteroatoms. The number of ether oxygens (including phenoxy) is 1. The average Bonchev–Trinajstić information content (AvgIpc) is 3.76. The van der Waals surface area contributed by atoms with E-state index in [2.05, 4.69) is 41.1 Å². The summed E-state index contributed by atoms with van der Waals surface area (Å²) in [4.78, 5) is 56.4. The Bertz CT molecular complexity index is 2000. The highest BCUT2D eigenvalue weighted by Crippen LogP contribution is 2.38. The van der Waals surface area contributed by atoms with Crippen LogP contribution < -0.4 is 16.0 Å². The molecule has 2 aromatic heterocycles. The van der Waals surface area contributed by atoms with E-state index >= 15 is 0 Å². The van der Waals surface area contributed by atoms with Gasteiger partial charge >= 0.3 is 6.09 Å². The molecule has 1 atom stereocenters. The summed E-state index contributed by atoms with van der Waals surface area (Å²) in [6.07, 6.45) is 7.88. The lowest BCUT2D eigenvalue weighted by Gasteiger charge is -2.29. The van der Waals surface area contributed by atoms with E-state index in [9.17, 15) is 19.2 Å². The number of aryl methyl sites for hydroxylation is 1. The maximum Gasteiger partial charge on any atom is 0.407 e. The number of fused-ring (bicyclic) bond motifs is 2. The lowest BCUT2D eigenvalue weighted by Crippen LogP contribution is -2.37. The Morgan fingerprint density at radius 3 is 2.46 bits per heavy atom. The van der Waals surface area contributed by atoms with Crippen LogP contribution in [0.1, 0.15) is 94.1 Å². The molecular formula is C41H48N6O5. The summed E-state index contributed by atoms with van der Waals surface area (Å²) in [6.45, 7) is 8.11. The molecule has 2 aliphatic carbocycles. The highest BCUT2D eigenvalue weighted by atomic mass is 16.6. The van der Waals surface area contributed by atoms with Gasteiger partial charge in [-0.1, -0.05) is 30.3 Å². The Morgan fingerprint density at radius 2 is 1.75 bits per heavy atom. The zero-order chi connectivity index (χ0) is 36.6. The molecule has 2 saturated carbocycles. The molecule has 3 aliphatic rings. The second kappa shape index (κ2) is 14.5. The van der Waals surface area contributed by atoms with Crippen LogP contribution in [0.5, 0.6) is 0 Å². The van der Waals surface area contributed by atoms with Gasteiger partial charge in [0.2, 0.25) is 11.8 Å². The van der Waals surface area contributed by atoms with Crippen molar-refractivity contribution in [3.63, 3.8) is 0 Å². The van der Waals surface area contributed by atoms with Crippen LogP contribution in [0.4, 0.5) is 16.2 Å². The molecule has 11 nitrogen and oxygen atoms in total. The number of anilines is 2. The molecule has 0 unspecified atom stereocenters. The summed E-state index contributed by atoms with van der Waals surface area (Å²) in [7, 11) is 0. The van der Waals surface area contributed by atoms with Crippen LogP contribution >= 0.6 is 0 Å². The molecule has 1 aliphatic heterocycles. The summed E-state index contributed by atoms with van der Waals surface area (Å²) in [5, 5.41) is 13.5. The number of benzene rings is 2. The summed E-state index contributed by atoms with van der Waals surface area (Å²) >= 11 is 0. The number of nitrogens with one attached hydrogen (secondary N) is 3. The van der Waals surface area contributed by atoms with E-state index < -0.39 is 17.6 Å². The summed E-state index contributed by atoms with van der Waals surface area (Å²) in [5.74, 6) is 0.770. The third-order valence-corrected chi connectivity index (χ3v) is 10.4. The van der Waals surface area contributed by atoms with E-state index in [0.717, 1.165) is 77.8 Å². The number of carbonyl (C=O) groups excluding carboxylic acids is 4. The maximum atomic E-state index is 13.9. The van der Waals surface area contributed by atoms with Gasteiger partial charge in [0.1, 0.15) is 11.4 Å². The van der Waals surface area contributed by atoms with Gasteiger partial charge in [-0.2, -0.15) is 5.10 Å². The van der Waals surface area contributed by atoms with Gasteiger partial charge in [0.15, 0.2) is 11.5 Å². The molecule has 7 rings (SSSR count). The molecule has 3 heterocycles. The smallest absolute Gasteiger partial charge is 0.407 e. The van der Waals surface area contributed by atoms with Gasteiger partial charge < -0.3 is 20.7 Å². The first-order valence-electron chi connectivity index (χ1n) is 18.6. The number of ketones is 1. The largest absolute Gasteiger partial charge is 0.444 e. The van der Waals surface area contributed by atoms with E-state index in [1.165, 1.54) is 0 Å². The van der Waals surface area contributed by atoms with Crippen molar-refractivity contribution in [1.82, 2.24) is 19.9 Å². The number of nitrogens with zero attached hydrogens (tertiary/aromatic N) is 3. The standard InChI is InChI=1S/C41H48N6O5/c1-24-17-36-45-38(29-13-14-29)46-47(36)23-33(24)27-9-5-25(6-10-27)18-31(39(50)43-32-16-15-30-20-37(49)44-34(30)21-32)19-35(48)28-11-7-26(8-12-28)22-42-40(51)52-41(2,3)4/h5-6,9-10,15-17,21,23,26,28-29,31H,7-8,11-14,18-20,22H2,1-4H3,(H,42,51)(H,43,50)(H,44,49)/t26?,28?,31-/m1/s1. The van der Waals surface area contributed by atoms with Gasteiger partial charge in [0.05, 0.1) is 6.42 Å². The third kappa shape index (κ3) is 8.52. The van der Waals surface area contributed by atoms with Crippen LogP contribution in [-0.4, -0.2) is 50.4 Å². The Kier molecular flexibility index (Phi) is 9.87. The minimum atomic E-state index is -0.582. The van der Waals surface area contributed by atoms with Crippen LogP contribution in [0.25, 0.3) is 16.8 Å². The van der Waals surface area contributed by atoms with Crippen molar-refractivity contribution in [2.75, 3.05) is 17.2 Å². The van der Waals surface area contributed by atoms with E-state index in [1.807, 2.05) is 49.7 Å². The molecule has 0 bridgehead atoms. The van der Waals surface area contributed by atoms with E-state index in [-0.39, 0.29) is 35.9 Å². The fraction of sp³-hybridized carbons (Fsp3) is 0.463. The molecular weight excluding hydrogens is 656 g/mol. The van der Waals surface area contributed by atoms with Crippen LogP contribution in [0.15, 0.2) is 54.7 Å². The normalized spacial score (nSPS) is 19.1. The number of alkyl carbamates (subject to hydrolysis) is 1. The minimum absolute atomic E-state index is 0.0693. The first kappa shape index (κ1) is 35.3. The number of amides is 3. The number of pyridine rings is 1. The van der Waals surface area contributed by atoms with Crippen molar-refractivity contribution in [3.8, 4) is 11.1 Å². The lowest BCUT2D eigenvalue weighted by atomic mass is 9.77. The predicted octanol–water partition coefficient (Wildman–Crippen LogP) is 7.16. The summed E-state index contributed by atoms with van der Waals surface area (Å²) < 4.78 is 7.23. The molecule has 52 heavy (non-hydrogen) atoms. The van der Waals surface area contributed by atoms with Crippen molar-refractivity contribution < 1.29 is 23.9 Å². The number of rotatable bonds is 11. The number of carbonyl (C=O) groups is 4. The van der Waals surface area contributed by atoms with Crippen molar-refractivity contribution in [1.29, 1.82) is 0 Å². The molecule has 4 aromatic rings. The first-order valence-corrected chi connectivity index (χ1v) is 18.6.